The molecule has 0 aromatic heterocycles. The van der Waals surface area contributed by atoms with E-state index in [1.54, 1.807) is 18.2 Å². The highest BCUT2D eigenvalue weighted by Crippen LogP contribution is 2.27. The third-order valence-corrected chi connectivity index (χ3v) is 3.32. The number of ether oxygens (including phenoxy) is 1. The molecule has 0 aliphatic heterocycles. The highest BCUT2D eigenvalue weighted by molar-refractivity contribution is 7.86. The van der Waals surface area contributed by atoms with Crippen LogP contribution in [0.25, 0.3) is 0 Å². The summed E-state index contributed by atoms with van der Waals surface area (Å²) in [6.07, 6.45) is 0. The lowest BCUT2D eigenvalue weighted by Gasteiger charge is -2.14. The van der Waals surface area contributed by atoms with Crippen LogP contribution in [0.4, 0.5) is 5.69 Å². The first-order valence-electron chi connectivity index (χ1n) is 4.41. The molecule has 7 heteroatoms. The van der Waals surface area contributed by atoms with Crippen LogP contribution in [0.2, 0.25) is 5.02 Å². The van der Waals surface area contributed by atoms with Crippen molar-refractivity contribution in [1.29, 1.82) is 0 Å². The minimum Gasteiger partial charge on any atom is -0.497 e. The van der Waals surface area contributed by atoms with Gasteiger partial charge in [-0.15, -0.1) is 0 Å². The normalized spacial score (nSPS) is 13.2. The maximum Gasteiger partial charge on any atom is 0.285 e. The van der Waals surface area contributed by atoms with E-state index in [-0.39, 0.29) is 0 Å². The first-order valence-corrected chi connectivity index (χ1v) is 6.29. The maximum atomic E-state index is 10.8. The van der Waals surface area contributed by atoms with Crippen LogP contribution in [-0.4, -0.2) is 25.5 Å². The zero-order valence-electron chi connectivity index (χ0n) is 8.77. The Kier molecular flexibility index (Phi) is 4.01. The molecule has 0 aliphatic carbocycles. The third kappa shape index (κ3) is 3.26. The molecule has 0 amide bonds. The summed E-state index contributed by atoms with van der Waals surface area (Å²) < 4.78 is 35.4. The number of nitrogens with one attached hydrogen (secondary N) is 1. The van der Waals surface area contributed by atoms with E-state index in [1.807, 2.05) is 0 Å². The van der Waals surface area contributed by atoms with Crippen molar-refractivity contribution in [3.05, 3.63) is 23.2 Å². The van der Waals surface area contributed by atoms with Crippen LogP contribution in [0, 0.1) is 0 Å². The van der Waals surface area contributed by atoms with E-state index in [4.69, 9.17) is 20.9 Å². The predicted octanol–water partition coefficient (Wildman–Crippen LogP) is 1.99. The molecule has 0 radical (unpaired) electrons. The second kappa shape index (κ2) is 4.90. The van der Waals surface area contributed by atoms with E-state index in [2.05, 4.69) is 5.32 Å². The third-order valence-electron chi connectivity index (χ3n) is 1.98. The van der Waals surface area contributed by atoms with Gasteiger partial charge in [0.05, 0.1) is 17.8 Å². The van der Waals surface area contributed by atoms with Gasteiger partial charge in [-0.05, 0) is 19.1 Å². The Morgan fingerprint density at radius 3 is 2.62 bits per heavy atom. The first-order chi connectivity index (χ1) is 7.34. The van der Waals surface area contributed by atoms with Gasteiger partial charge in [0.25, 0.3) is 10.1 Å². The van der Waals surface area contributed by atoms with Crippen molar-refractivity contribution in [1.82, 2.24) is 0 Å². The zero-order valence-corrected chi connectivity index (χ0v) is 10.3. The van der Waals surface area contributed by atoms with Gasteiger partial charge in [0.1, 0.15) is 5.75 Å². The molecule has 0 heterocycles. The Balaban J connectivity index is 2.96. The summed E-state index contributed by atoms with van der Waals surface area (Å²) in [5.74, 6) is 0.537. The topological polar surface area (TPSA) is 75.6 Å². The molecule has 1 unspecified atom stereocenters. The van der Waals surface area contributed by atoms with Crippen LogP contribution in [0.15, 0.2) is 18.2 Å². The number of benzene rings is 1. The second-order valence-electron chi connectivity index (χ2n) is 3.15. The van der Waals surface area contributed by atoms with Gasteiger partial charge in [-0.2, -0.15) is 8.42 Å². The van der Waals surface area contributed by atoms with Crippen LogP contribution < -0.4 is 10.1 Å². The summed E-state index contributed by atoms with van der Waals surface area (Å²) in [4.78, 5) is 0. The number of rotatable bonds is 4. The molecule has 0 saturated heterocycles. The number of anilines is 1. The smallest absolute Gasteiger partial charge is 0.285 e. The standard InChI is InChI=1S/C9H12ClNO4S/c1-6(16(12,13)14)11-9-5-7(15-2)3-4-8(9)10/h3-6,11H,1-2H3,(H,12,13,14). The van der Waals surface area contributed by atoms with Crippen molar-refractivity contribution >= 4 is 27.4 Å². The molecule has 1 aromatic rings. The fourth-order valence-electron chi connectivity index (χ4n) is 1.04. The summed E-state index contributed by atoms with van der Waals surface area (Å²) in [6.45, 7) is 1.31. The van der Waals surface area contributed by atoms with Gasteiger partial charge < -0.3 is 10.1 Å². The van der Waals surface area contributed by atoms with Gasteiger partial charge in [-0.3, -0.25) is 4.55 Å². The fraction of sp³-hybridized carbons (Fsp3) is 0.333. The Morgan fingerprint density at radius 2 is 2.12 bits per heavy atom. The lowest BCUT2D eigenvalue weighted by Crippen LogP contribution is -2.25. The Bertz CT molecular complexity index is 474. The second-order valence-corrected chi connectivity index (χ2v) is 5.29. The first kappa shape index (κ1) is 13.1. The molecule has 90 valence electrons. The Labute approximate surface area is 99.1 Å². The van der Waals surface area contributed by atoms with Crippen molar-refractivity contribution in [2.24, 2.45) is 0 Å². The SMILES string of the molecule is COc1ccc(Cl)c(NC(C)S(=O)(=O)O)c1. The summed E-state index contributed by atoms with van der Waals surface area (Å²) >= 11 is 5.85. The maximum absolute atomic E-state index is 10.8. The highest BCUT2D eigenvalue weighted by Gasteiger charge is 2.17. The molecule has 16 heavy (non-hydrogen) atoms. The van der Waals surface area contributed by atoms with Gasteiger partial charge in [-0.1, -0.05) is 11.6 Å². The van der Waals surface area contributed by atoms with Gasteiger partial charge in [-0.25, -0.2) is 0 Å². The largest absolute Gasteiger partial charge is 0.497 e. The Hall–Kier alpha value is -0.980. The zero-order chi connectivity index (χ0) is 12.3. The lowest BCUT2D eigenvalue weighted by atomic mass is 10.3. The summed E-state index contributed by atoms with van der Waals surface area (Å²) in [5, 5.41) is 1.78. The van der Waals surface area contributed by atoms with E-state index in [1.165, 1.54) is 14.0 Å². The predicted molar refractivity (Wildman–Crippen MR) is 62.6 cm³/mol. The number of hydrogen-bond donors (Lipinski definition) is 2. The summed E-state index contributed by atoms with van der Waals surface area (Å²) in [6, 6.07) is 4.76. The van der Waals surface area contributed by atoms with Crippen molar-refractivity contribution in [3.8, 4) is 5.75 Å². The fourth-order valence-corrected chi connectivity index (χ4v) is 1.48. The summed E-state index contributed by atoms with van der Waals surface area (Å²) in [7, 11) is -2.66. The van der Waals surface area contributed by atoms with Crippen LogP contribution in [0.3, 0.4) is 0 Å². The minimum atomic E-state index is -4.15. The van der Waals surface area contributed by atoms with Crippen molar-refractivity contribution in [2.75, 3.05) is 12.4 Å². The van der Waals surface area contributed by atoms with Crippen LogP contribution in [-0.2, 0) is 10.1 Å². The van der Waals surface area contributed by atoms with Gasteiger partial charge in [0.2, 0.25) is 0 Å². The molecule has 0 saturated carbocycles. The number of hydrogen-bond acceptors (Lipinski definition) is 4. The molecule has 0 aliphatic rings. The molecule has 2 N–H and O–H groups in total. The van der Waals surface area contributed by atoms with Gasteiger partial charge >= 0.3 is 0 Å². The van der Waals surface area contributed by atoms with Crippen molar-refractivity contribution in [2.45, 2.75) is 12.3 Å². The van der Waals surface area contributed by atoms with Crippen LogP contribution in [0.1, 0.15) is 6.92 Å². The van der Waals surface area contributed by atoms with E-state index < -0.39 is 15.5 Å². The van der Waals surface area contributed by atoms with Crippen LogP contribution >= 0.6 is 11.6 Å². The van der Waals surface area contributed by atoms with Crippen molar-refractivity contribution in [3.63, 3.8) is 0 Å². The monoisotopic (exact) mass is 265 g/mol. The van der Waals surface area contributed by atoms with E-state index in [0.29, 0.717) is 16.5 Å². The molecular weight excluding hydrogens is 254 g/mol. The molecule has 1 aromatic carbocycles. The van der Waals surface area contributed by atoms with Gasteiger partial charge in [0.15, 0.2) is 5.37 Å². The molecule has 1 rings (SSSR count). The van der Waals surface area contributed by atoms with E-state index in [9.17, 15) is 8.42 Å². The minimum absolute atomic E-state index is 0.344. The van der Waals surface area contributed by atoms with Crippen LogP contribution in [0.5, 0.6) is 5.75 Å². The molecule has 0 fully saturated rings. The molecular formula is C9H12ClNO4S. The van der Waals surface area contributed by atoms with Gasteiger partial charge in [0, 0.05) is 6.07 Å². The average molecular weight is 266 g/mol. The summed E-state index contributed by atoms with van der Waals surface area (Å²) in [5.41, 5.74) is 0.381. The molecule has 0 spiro atoms. The number of halogens is 1. The van der Waals surface area contributed by atoms with E-state index >= 15 is 0 Å². The lowest BCUT2D eigenvalue weighted by molar-refractivity contribution is 0.415. The number of methoxy groups -OCH3 is 1. The molecule has 5 nitrogen and oxygen atoms in total. The van der Waals surface area contributed by atoms with E-state index in [0.717, 1.165) is 0 Å². The quantitative estimate of drug-likeness (QED) is 0.815. The molecule has 1 atom stereocenters. The highest BCUT2D eigenvalue weighted by atomic mass is 35.5. The Morgan fingerprint density at radius 1 is 1.50 bits per heavy atom. The van der Waals surface area contributed by atoms with Crippen molar-refractivity contribution < 1.29 is 17.7 Å². The average Bonchev–Trinajstić information content (AvgIpc) is 2.19. The molecule has 0 bridgehead atoms.